The van der Waals surface area contributed by atoms with E-state index in [1.807, 2.05) is 31.2 Å². The predicted molar refractivity (Wildman–Crippen MR) is 85.2 cm³/mol. The van der Waals surface area contributed by atoms with Gasteiger partial charge in [0.2, 0.25) is 15.0 Å². The lowest BCUT2D eigenvalue weighted by atomic mass is 10.2. The van der Waals surface area contributed by atoms with E-state index in [0.29, 0.717) is 17.0 Å². The molecule has 7 heteroatoms. The van der Waals surface area contributed by atoms with E-state index >= 15 is 0 Å². The maximum atomic E-state index is 12.8. The average Bonchev–Trinajstić information content (AvgIpc) is 3.10. The van der Waals surface area contributed by atoms with Gasteiger partial charge in [0.25, 0.3) is 0 Å². The van der Waals surface area contributed by atoms with Crippen LogP contribution in [0, 0.1) is 20.8 Å². The number of benzene rings is 1. The Kier molecular flexibility index (Phi) is 3.81. The van der Waals surface area contributed by atoms with Crippen molar-refractivity contribution in [1.82, 2.24) is 14.7 Å². The second-order valence-electron chi connectivity index (χ2n) is 5.43. The molecule has 0 saturated carbocycles. The molecule has 23 heavy (non-hydrogen) atoms. The number of sulfone groups is 1. The summed E-state index contributed by atoms with van der Waals surface area (Å²) in [6.45, 7) is 5.37. The van der Waals surface area contributed by atoms with Crippen LogP contribution in [-0.4, -0.2) is 23.1 Å². The van der Waals surface area contributed by atoms with Crippen LogP contribution >= 0.6 is 0 Å². The molecule has 0 unspecified atom stereocenters. The summed E-state index contributed by atoms with van der Waals surface area (Å²) >= 11 is 0. The minimum absolute atomic E-state index is 0.0202. The first kappa shape index (κ1) is 15.5. The van der Waals surface area contributed by atoms with Crippen molar-refractivity contribution in [2.75, 3.05) is 0 Å². The van der Waals surface area contributed by atoms with Crippen LogP contribution in [0.15, 0.2) is 46.3 Å². The van der Waals surface area contributed by atoms with Crippen LogP contribution in [0.5, 0.6) is 0 Å². The van der Waals surface area contributed by atoms with Crippen LogP contribution in [0.3, 0.4) is 0 Å². The van der Waals surface area contributed by atoms with Gasteiger partial charge in [-0.2, -0.15) is 0 Å². The van der Waals surface area contributed by atoms with Crippen LogP contribution in [-0.2, 0) is 15.6 Å². The lowest BCUT2D eigenvalue weighted by Gasteiger charge is -2.11. The first-order chi connectivity index (χ1) is 10.9. The molecular formula is C16H17N3O3S. The summed E-state index contributed by atoms with van der Waals surface area (Å²) in [5.41, 5.74) is 2.94. The third-order valence-electron chi connectivity index (χ3n) is 3.78. The molecule has 0 amide bonds. The highest BCUT2D eigenvalue weighted by molar-refractivity contribution is 7.90. The van der Waals surface area contributed by atoms with Crippen molar-refractivity contribution in [3.8, 4) is 5.69 Å². The smallest absolute Gasteiger partial charge is 0.232 e. The zero-order valence-electron chi connectivity index (χ0n) is 13.1. The van der Waals surface area contributed by atoms with Crippen LogP contribution < -0.4 is 0 Å². The Labute approximate surface area is 134 Å². The number of para-hydroxylation sites is 1. The minimum Gasteiger partial charge on any atom is -0.361 e. The summed E-state index contributed by atoms with van der Waals surface area (Å²) in [6, 6.07) is 7.58. The Balaban J connectivity index is 2.06. The molecule has 3 rings (SSSR count). The van der Waals surface area contributed by atoms with Gasteiger partial charge in [0.1, 0.15) is 5.76 Å². The zero-order valence-corrected chi connectivity index (χ0v) is 14.0. The van der Waals surface area contributed by atoms with Gasteiger partial charge in [-0.3, -0.25) is 4.57 Å². The van der Waals surface area contributed by atoms with Crippen molar-refractivity contribution < 1.29 is 12.9 Å². The van der Waals surface area contributed by atoms with Crippen molar-refractivity contribution in [1.29, 1.82) is 0 Å². The summed E-state index contributed by atoms with van der Waals surface area (Å²) in [5.74, 6) is 0.330. The normalized spacial score (nSPS) is 11.8. The van der Waals surface area contributed by atoms with Crippen LogP contribution in [0.25, 0.3) is 5.69 Å². The van der Waals surface area contributed by atoms with Gasteiger partial charge < -0.3 is 4.52 Å². The maximum absolute atomic E-state index is 12.8. The molecule has 6 nitrogen and oxygen atoms in total. The summed E-state index contributed by atoms with van der Waals surface area (Å²) in [6.07, 6.45) is 3.15. The van der Waals surface area contributed by atoms with Crippen molar-refractivity contribution in [2.45, 2.75) is 31.7 Å². The number of hydrogen-bond acceptors (Lipinski definition) is 5. The first-order valence-electron chi connectivity index (χ1n) is 7.14. The number of rotatable bonds is 4. The topological polar surface area (TPSA) is 78.0 Å². The number of nitrogens with zero attached hydrogens (tertiary/aromatic N) is 3. The summed E-state index contributed by atoms with van der Waals surface area (Å²) in [4.78, 5) is 4.07. The molecule has 0 atom stereocenters. The van der Waals surface area contributed by atoms with Gasteiger partial charge in [-0.1, -0.05) is 23.4 Å². The first-order valence-corrected chi connectivity index (χ1v) is 8.79. The van der Waals surface area contributed by atoms with Gasteiger partial charge in [-0.05, 0) is 32.4 Å². The van der Waals surface area contributed by atoms with Crippen molar-refractivity contribution in [2.24, 2.45) is 0 Å². The molecule has 0 aliphatic rings. The van der Waals surface area contributed by atoms with Crippen molar-refractivity contribution >= 4 is 9.84 Å². The van der Waals surface area contributed by atoms with Crippen LogP contribution in [0.4, 0.5) is 0 Å². The third kappa shape index (κ3) is 2.79. The zero-order chi connectivity index (χ0) is 16.6. The highest BCUT2D eigenvalue weighted by Crippen LogP contribution is 2.23. The number of hydrogen-bond donors (Lipinski definition) is 0. The van der Waals surface area contributed by atoms with E-state index in [2.05, 4.69) is 10.1 Å². The fourth-order valence-corrected chi connectivity index (χ4v) is 4.10. The summed E-state index contributed by atoms with van der Waals surface area (Å²) < 4.78 is 32.3. The summed E-state index contributed by atoms with van der Waals surface area (Å²) in [5, 5.41) is 3.83. The van der Waals surface area contributed by atoms with Gasteiger partial charge in [-0.15, -0.1) is 0 Å². The molecule has 0 saturated heterocycles. The lowest BCUT2D eigenvalue weighted by Crippen LogP contribution is -2.13. The van der Waals surface area contributed by atoms with E-state index in [1.165, 1.54) is 6.20 Å². The molecule has 0 spiro atoms. The Morgan fingerprint density at radius 3 is 2.57 bits per heavy atom. The fourth-order valence-electron chi connectivity index (χ4n) is 2.50. The van der Waals surface area contributed by atoms with Gasteiger partial charge in [0.15, 0.2) is 0 Å². The minimum atomic E-state index is -3.63. The second-order valence-corrected chi connectivity index (χ2v) is 7.31. The quantitative estimate of drug-likeness (QED) is 0.734. The Hall–Kier alpha value is -2.41. The molecule has 0 radical (unpaired) electrons. The SMILES string of the molecule is Cc1ccccc1-n1ccnc1S(=O)(=O)Cc1c(C)noc1C. The second kappa shape index (κ2) is 5.66. The highest BCUT2D eigenvalue weighted by Gasteiger charge is 2.25. The van der Waals surface area contributed by atoms with E-state index < -0.39 is 9.84 Å². The molecule has 120 valence electrons. The molecule has 0 fully saturated rings. The molecule has 1 aromatic carbocycles. The number of aryl methyl sites for hydroxylation is 3. The standard InChI is InChI=1S/C16H17N3O3S/c1-11-6-4-5-7-15(11)19-9-8-17-16(19)23(20,21)10-14-12(2)18-22-13(14)3/h4-9H,10H2,1-3H3. The fraction of sp³-hybridized carbons (Fsp3) is 0.250. The largest absolute Gasteiger partial charge is 0.361 e. The van der Waals surface area contributed by atoms with E-state index in [1.54, 1.807) is 24.6 Å². The van der Waals surface area contributed by atoms with E-state index in [0.717, 1.165) is 11.3 Å². The van der Waals surface area contributed by atoms with Gasteiger partial charge >= 0.3 is 0 Å². The van der Waals surface area contributed by atoms with Crippen molar-refractivity contribution in [3.05, 3.63) is 59.2 Å². The van der Waals surface area contributed by atoms with Crippen LogP contribution in [0.1, 0.15) is 22.6 Å². The lowest BCUT2D eigenvalue weighted by molar-refractivity contribution is 0.392. The average molecular weight is 331 g/mol. The van der Waals surface area contributed by atoms with E-state index in [9.17, 15) is 8.42 Å². The highest BCUT2D eigenvalue weighted by atomic mass is 32.2. The maximum Gasteiger partial charge on any atom is 0.232 e. The molecule has 3 aromatic rings. The molecule has 0 N–H and O–H groups in total. The van der Waals surface area contributed by atoms with Crippen LogP contribution in [0.2, 0.25) is 0 Å². The van der Waals surface area contributed by atoms with E-state index in [4.69, 9.17) is 4.52 Å². The number of aromatic nitrogens is 3. The van der Waals surface area contributed by atoms with Gasteiger partial charge in [-0.25, -0.2) is 13.4 Å². The molecule has 0 aliphatic heterocycles. The number of imidazole rings is 1. The Morgan fingerprint density at radius 2 is 1.91 bits per heavy atom. The monoisotopic (exact) mass is 331 g/mol. The Bertz CT molecular complexity index is 935. The predicted octanol–water partition coefficient (Wildman–Crippen LogP) is 2.76. The molecule has 0 bridgehead atoms. The molecular weight excluding hydrogens is 314 g/mol. The summed E-state index contributed by atoms with van der Waals surface area (Å²) in [7, 11) is -3.63. The third-order valence-corrected chi connectivity index (χ3v) is 5.30. The van der Waals surface area contributed by atoms with Crippen molar-refractivity contribution in [3.63, 3.8) is 0 Å². The van der Waals surface area contributed by atoms with Gasteiger partial charge in [0.05, 0.1) is 17.1 Å². The van der Waals surface area contributed by atoms with Gasteiger partial charge in [0, 0.05) is 18.0 Å². The molecule has 2 heterocycles. The Morgan fingerprint density at radius 1 is 1.17 bits per heavy atom. The molecule has 0 aliphatic carbocycles. The molecule has 2 aromatic heterocycles. The van der Waals surface area contributed by atoms with E-state index in [-0.39, 0.29) is 10.9 Å².